The van der Waals surface area contributed by atoms with Crippen molar-refractivity contribution in [3.63, 3.8) is 0 Å². The van der Waals surface area contributed by atoms with Gasteiger partial charge in [0.25, 0.3) is 0 Å². The third-order valence-electron chi connectivity index (χ3n) is 7.92. The maximum absolute atomic E-state index is 12.4. The fourth-order valence-corrected chi connectivity index (χ4v) is 5.75. The molecule has 3 aromatic rings. The van der Waals surface area contributed by atoms with Crippen LogP contribution in [0.15, 0.2) is 71.7 Å². The molecule has 7 nitrogen and oxygen atoms in total. The molecule has 7 heteroatoms. The van der Waals surface area contributed by atoms with E-state index in [0.717, 1.165) is 68.6 Å². The van der Waals surface area contributed by atoms with Crippen LogP contribution in [0, 0.1) is 0 Å². The number of aliphatic hydroxyl groups is 1. The molecule has 0 aromatic heterocycles. The van der Waals surface area contributed by atoms with Crippen molar-refractivity contribution < 1.29 is 19.4 Å². The highest BCUT2D eigenvalue weighted by atomic mass is 16.5. The Balaban J connectivity index is 1.19. The largest absolute Gasteiger partial charge is 0.490 e. The minimum Gasteiger partial charge on any atom is -0.490 e. The van der Waals surface area contributed by atoms with Crippen molar-refractivity contribution in [2.24, 2.45) is 4.99 Å². The lowest BCUT2D eigenvalue weighted by Crippen LogP contribution is -2.45. The van der Waals surface area contributed by atoms with Crippen LogP contribution in [0.25, 0.3) is 0 Å². The predicted octanol–water partition coefficient (Wildman–Crippen LogP) is 5.28. The lowest BCUT2D eigenvalue weighted by molar-refractivity contribution is -0.114. The highest BCUT2D eigenvalue weighted by molar-refractivity contribution is 6.19. The number of likely N-dealkylation sites (tertiary alicyclic amines) is 1. The SMILES string of the molecule is CCOc1cc2c(cc1OCC)C(c1ccc(CCCN3CCC(O)(Cc4ccccc4)CC3)cc1)=NCC(=O)N2. The normalized spacial score (nSPS) is 16.8. The van der Waals surface area contributed by atoms with Crippen LogP contribution in [0.1, 0.15) is 55.4 Å². The van der Waals surface area contributed by atoms with Gasteiger partial charge in [0, 0.05) is 36.7 Å². The van der Waals surface area contributed by atoms with E-state index in [9.17, 15) is 9.90 Å². The fourth-order valence-electron chi connectivity index (χ4n) is 5.75. The third-order valence-corrected chi connectivity index (χ3v) is 7.92. The molecule has 1 saturated heterocycles. The minimum absolute atomic E-state index is 0.0655. The summed E-state index contributed by atoms with van der Waals surface area (Å²) in [5, 5.41) is 14.0. The average Bonchev–Trinajstić information content (AvgIpc) is 3.13. The first-order chi connectivity index (χ1) is 20.0. The van der Waals surface area contributed by atoms with Crippen molar-refractivity contribution in [3.05, 3.63) is 89.0 Å². The van der Waals surface area contributed by atoms with Gasteiger partial charge in [-0.3, -0.25) is 9.79 Å². The quantitative estimate of drug-likeness (QED) is 0.337. The highest BCUT2D eigenvalue weighted by Crippen LogP contribution is 2.36. The van der Waals surface area contributed by atoms with Gasteiger partial charge in [-0.2, -0.15) is 0 Å². The van der Waals surface area contributed by atoms with Crippen molar-refractivity contribution in [1.29, 1.82) is 0 Å². The van der Waals surface area contributed by atoms with E-state index in [0.29, 0.717) is 30.4 Å². The van der Waals surface area contributed by atoms with Crippen LogP contribution in [0.3, 0.4) is 0 Å². The second-order valence-corrected chi connectivity index (χ2v) is 11.0. The number of rotatable bonds is 11. The van der Waals surface area contributed by atoms with E-state index in [2.05, 4.69) is 51.6 Å². The maximum atomic E-state index is 12.4. The Hall–Kier alpha value is -3.68. The molecule has 2 heterocycles. The Kier molecular flexibility index (Phi) is 9.37. The van der Waals surface area contributed by atoms with E-state index in [1.807, 2.05) is 44.2 Å². The summed E-state index contributed by atoms with van der Waals surface area (Å²) in [5.74, 6) is 1.10. The van der Waals surface area contributed by atoms with Gasteiger partial charge in [-0.15, -0.1) is 0 Å². The van der Waals surface area contributed by atoms with Crippen molar-refractivity contribution in [2.45, 2.75) is 51.6 Å². The number of nitrogens with one attached hydrogen (secondary N) is 1. The molecule has 2 N–H and O–H groups in total. The molecule has 0 saturated carbocycles. The van der Waals surface area contributed by atoms with E-state index < -0.39 is 5.60 Å². The average molecular weight is 556 g/mol. The van der Waals surface area contributed by atoms with Gasteiger partial charge < -0.3 is 24.8 Å². The number of carbonyl (C=O) groups excluding carboxylic acids is 1. The predicted molar refractivity (Wildman–Crippen MR) is 163 cm³/mol. The van der Waals surface area contributed by atoms with Crippen LogP contribution in [0.2, 0.25) is 0 Å². The number of aryl methyl sites for hydroxylation is 1. The molecule has 41 heavy (non-hydrogen) atoms. The van der Waals surface area contributed by atoms with Crippen LogP contribution in [0.4, 0.5) is 5.69 Å². The topological polar surface area (TPSA) is 83.4 Å². The lowest BCUT2D eigenvalue weighted by Gasteiger charge is -2.38. The third kappa shape index (κ3) is 7.34. The van der Waals surface area contributed by atoms with Crippen LogP contribution in [0.5, 0.6) is 11.5 Å². The Morgan fingerprint density at radius 3 is 2.29 bits per heavy atom. The van der Waals surface area contributed by atoms with Crippen LogP contribution < -0.4 is 14.8 Å². The molecule has 0 aliphatic carbocycles. The second kappa shape index (κ2) is 13.3. The summed E-state index contributed by atoms with van der Waals surface area (Å²) in [6.45, 7) is 7.84. The smallest absolute Gasteiger partial charge is 0.246 e. The van der Waals surface area contributed by atoms with Crippen molar-refractivity contribution in [1.82, 2.24) is 4.90 Å². The lowest BCUT2D eigenvalue weighted by atomic mass is 9.85. The maximum Gasteiger partial charge on any atom is 0.246 e. The van der Waals surface area contributed by atoms with Gasteiger partial charge in [-0.25, -0.2) is 0 Å². The number of piperidine rings is 1. The van der Waals surface area contributed by atoms with Gasteiger partial charge in [0.05, 0.1) is 30.2 Å². The first kappa shape index (κ1) is 28.8. The van der Waals surface area contributed by atoms with Gasteiger partial charge >= 0.3 is 0 Å². The Labute approximate surface area is 243 Å². The number of hydrogen-bond acceptors (Lipinski definition) is 6. The molecule has 3 aromatic carbocycles. The monoisotopic (exact) mass is 555 g/mol. The van der Waals surface area contributed by atoms with Gasteiger partial charge in [-0.05, 0) is 63.3 Å². The molecule has 5 rings (SSSR count). The number of benzodiazepines with no additional fused rings is 1. The summed E-state index contributed by atoms with van der Waals surface area (Å²) >= 11 is 0. The number of amides is 1. The summed E-state index contributed by atoms with van der Waals surface area (Å²) in [5.41, 5.74) is 5.13. The van der Waals surface area contributed by atoms with E-state index in [1.54, 1.807) is 0 Å². The number of aliphatic imine (C=N–C) groups is 1. The fraction of sp³-hybridized carbons (Fsp3) is 0.412. The number of ether oxygens (including phenoxy) is 2. The highest BCUT2D eigenvalue weighted by Gasteiger charge is 2.32. The van der Waals surface area contributed by atoms with Crippen molar-refractivity contribution >= 4 is 17.3 Å². The summed E-state index contributed by atoms with van der Waals surface area (Å²) in [7, 11) is 0. The molecule has 2 aliphatic rings. The number of benzene rings is 3. The summed E-state index contributed by atoms with van der Waals surface area (Å²) in [4.78, 5) is 19.6. The zero-order valence-electron chi connectivity index (χ0n) is 24.2. The summed E-state index contributed by atoms with van der Waals surface area (Å²) < 4.78 is 11.6. The Bertz CT molecular complexity index is 1350. The number of carbonyl (C=O) groups is 1. The van der Waals surface area contributed by atoms with E-state index >= 15 is 0 Å². The molecule has 1 fully saturated rings. The van der Waals surface area contributed by atoms with E-state index in [-0.39, 0.29) is 12.5 Å². The summed E-state index contributed by atoms with van der Waals surface area (Å²) in [6.07, 6.45) is 4.41. The zero-order chi connectivity index (χ0) is 28.7. The molecular formula is C34H41N3O4. The Morgan fingerprint density at radius 1 is 0.927 bits per heavy atom. The zero-order valence-corrected chi connectivity index (χ0v) is 24.2. The second-order valence-electron chi connectivity index (χ2n) is 11.0. The molecule has 1 amide bonds. The summed E-state index contributed by atoms with van der Waals surface area (Å²) in [6, 6.07) is 22.6. The molecule has 0 radical (unpaired) electrons. The molecule has 2 aliphatic heterocycles. The molecule has 0 atom stereocenters. The van der Waals surface area contributed by atoms with Crippen LogP contribution in [-0.4, -0.2) is 66.6 Å². The molecule has 216 valence electrons. The van der Waals surface area contributed by atoms with Crippen molar-refractivity contribution in [3.8, 4) is 11.5 Å². The number of hydrogen-bond donors (Lipinski definition) is 2. The standard InChI is InChI=1S/C34H41N3O4/c1-3-40-30-21-28-29(22-31(30)41-4-2)36-32(38)24-35-33(28)27-14-12-25(13-15-27)11-8-18-37-19-16-34(39,17-20-37)23-26-9-6-5-7-10-26/h5-7,9-10,12-15,21-22,39H,3-4,8,11,16-20,23-24H2,1-2H3,(H,36,38). The van der Waals surface area contributed by atoms with Gasteiger partial charge in [0.2, 0.25) is 5.91 Å². The first-order valence-electron chi connectivity index (χ1n) is 14.8. The van der Waals surface area contributed by atoms with Crippen LogP contribution >= 0.6 is 0 Å². The first-order valence-corrected chi connectivity index (χ1v) is 14.8. The number of anilines is 1. The van der Waals surface area contributed by atoms with Crippen molar-refractivity contribution in [2.75, 3.05) is 44.7 Å². The van der Waals surface area contributed by atoms with Gasteiger partial charge in [-0.1, -0.05) is 54.6 Å². The molecule has 0 spiro atoms. The molecular weight excluding hydrogens is 514 g/mol. The Morgan fingerprint density at radius 2 is 1.61 bits per heavy atom. The van der Waals surface area contributed by atoms with E-state index in [1.165, 1.54) is 11.1 Å². The minimum atomic E-state index is -0.596. The number of fused-ring (bicyclic) bond motifs is 1. The van der Waals surface area contributed by atoms with Gasteiger partial charge in [0.1, 0.15) is 6.54 Å². The van der Waals surface area contributed by atoms with Gasteiger partial charge in [0.15, 0.2) is 11.5 Å². The van der Waals surface area contributed by atoms with E-state index in [4.69, 9.17) is 9.47 Å². The number of nitrogens with zero attached hydrogens (tertiary/aromatic N) is 2. The molecule has 0 bridgehead atoms. The van der Waals surface area contributed by atoms with Crippen LogP contribution in [-0.2, 0) is 17.6 Å². The molecule has 0 unspecified atom stereocenters.